The topological polar surface area (TPSA) is 56.5 Å². The van der Waals surface area contributed by atoms with Gasteiger partial charge in [-0.25, -0.2) is 14.3 Å². The van der Waals surface area contributed by atoms with Crippen molar-refractivity contribution in [2.45, 2.75) is 31.6 Å². The van der Waals surface area contributed by atoms with Gasteiger partial charge in [0.25, 0.3) is 0 Å². The van der Waals surface area contributed by atoms with Crippen molar-refractivity contribution in [3.8, 4) is 0 Å². The zero-order valence-electron chi connectivity index (χ0n) is 10.3. The maximum Gasteiger partial charge on any atom is 0.339 e. The Morgan fingerprint density at radius 2 is 2.17 bits per heavy atom. The van der Waals surface area contributed by atoms with Crippen molar-refractivity contribution < 1.29 is 9.53 Å². The molecular weight excluding hydrogens is 230 g/mol. The first-order valence-corrected chi connectivity index (χ1v) is 6.22. The van der Waals surface area contributed by atoms with E-state index in [-0.39, 0.29) is 5.97 Å². The zero-order valence-corrected chi connectivity index (χ0v) is 10.3. The van der Waals surface area contributed by atoms with E-state index in [1.165, 1.54) is 32.8 Å². The smallest absolute Gasteiger partial charge is 0.339 e. The molecule has 0 radical (unpaired) electrons. The van der Waals surface area contributed by atoms with Crippen LogP contribution in [0.2, 0.25) is 0 Å². The average Bonchev–Trinajstić information content (AvgIpc) is 3.04. The lowest BCUT2D eigenvalue weighted by atomic mass is 10.1. The van der Waals surface area contributed by atoms with Gasteiger partial charge in [0.1, 0.15) is 0 Å². The van der Waals surface area contributed by atoms with Crippen molar-refractivity contribution in [2.24, 2.45) is 0 Å². The van der Waals surface area contributed by atoms with E-state index in [9.17, 15) is 4.79 Å². The maximum atomic E-state index is 11.4. The van der Waals surface area contributed by atoms with E-state index in [2.05, 4.69) is 10.1 Å². The van der Waals surface area contributed by atoms with Crippen LogP contribution in [0, 0.1) is 0 Å². The van der Waals surface area contributed by atoms with Crippen molar-refractivity contribution >= 4 is 11.6 Å². The molecule has 1 aliphatic rings. The summed E-state index contributed by atoms with van der Waals surface area (Å²) in [4.78, 5) is 16.0. The second-order valence-electron chi connectivity index (χ2n) is 4.66. The molecule has 94 valence electrons. The lowest BCUT2D eigenvalue weighted by Gasteiger charge is -2.00. The number of carbonyl (C=O) groups is 1. The number of esters is 1. The average molecular weight is 245 g/mol. The fraction of sp³-hybridized carbons (Fsp3) is 0.462. The first-order chi connectivity index (χ1) is 8.78. The van der Waals surface area contributed by atoms with Gasteiger partial charge in [0.05, 0.1) is 12.7 Å². The summed E-state index contributed by atoms with van der Waals surface area (Å²) >= 11 is 0. The molecule has 1 fully saturated rings. The van der Waals surface area contributed by atoms with Crippen LogP contribution in [0.25, 0.3) is 5.65 Å². The van der Waals surface area contributed by atoms with Crippen molar-refractivity contribution in [2.75, 3.05) is 7.11 Å². The molecule has 2 aromatic rings. The van der Waals surface area contributed by atoms with Crippen LogP contribution in [0.4, 0.5) is 0 Å². The Morgan fingerprint density at radius 1 is 1.39 bits per heavy atom. The lowest BCUT2D eigenvalue weighted by molar-refractivity contribution is 0.0600. The minimum Gasteiger partial charge on any atom is -0.465 e. The first kappa shape index (κ1) is 11.2. The molecule has 2 aromatic heterocycles. The molecule has 18 heavy (non-hydrogen) atoms. The van der Waals surface area contributed by atoms with E-state index in [1.54, 1.807) is 22.8 Å². The Bertz CT molecular complexity index is 585. The third kappa shape index (κ3) is 1.85. The number of hydrogen-bond acceptors (Lipinski definition) is 4. The van der Waals surface area contributed by atoms with Crippen LogP contribution in [-0.2, 0) is 4.74 Å². The quantitative estimate of drug-likeness (QED) is 0.761. The van der Waals surface area contributed by atoms with Crippen molar-refractivity contribution in [1.29, 1.82) is 0 Å². The molecule has 0 aliphatic heterocycles. The number of pyridine rings is 1. The van der Waals surface area contributed by atoms with Gasteiger partial charge in [-0.2, -0.15) is 5.10 Å². The molecule has 0 unspecified atom stereocenters. The van der Waals surface area contributed by atoms with Crippen LogP contribution in [-0.4, -0.2) is 27.7 Å². The molecule has 1 aliphatic carbocycles. The van der Waals surface area contributed by atoms with Gasteiger partial charge < -0.3 is 4.74 Å². The van der Waals surface area contributed by atoms with Crippen molar-refractivity contribution in [1.82, 2.24) is 14.6 Å². The highest BCUT2D eigenvalue weighted by Crippen LogP contribution is 2.32. The summed E-state index contributed by atoms with van der Waals surface area (Å²) in [5, 5.41) is 4.47. The van der Waals surface area contributed by atoms with E-state index in [0.717, 1.165) is 11.5 Å². The summed E-state index contributed by atoms with van der Waals surface area (Å²) in [6.07, 6.45) is 6.52. The van der Waals surface area contributed by atoms with Gasteiger partial charge in [-0.1, -0.05) is 12.8 Å². The Kier molecular flexibility index (Phi) is 2.74. The molecule has 0 N–H and O–H groups in total. The second-order valence-corrected chi connectivity index (χ2v) is 4.66. The fourth-order valence-corrected chi connectivity index (χ4v) is 2.50. The summed E-state index contributed by atoms with van der Waals surface area (Å²) in [5.41, 5.74) is 1.28. The molecule has 0 atom stereocenters. The van der Waals surface area contributed by atoms with E-state index in [4.69, 9.17) is 4.74 Å². The van der Waals surface area contributed by atoms with E-state index < -0.39 is 0 Å². The Morgan fingerprint density at radius 3 is 2.89 bits per heavy atom. The molecule has 0 bridgehead atoms. The van der Waals surface area contributed by atoms with Gasteiger partial charge >= 0.3 is 5.97 Å². The highest BCUT2D eigenvalue weighted by atomic mass is 16.5. The van der Waals surface area contributed by atoms with Gasteiger partial charge in [-0.15, -0.1) is 0 Å². The standard InChI is InChI=1S/C13H15N3O2/c1-18-13(17)10-6-7-11-14-12(15-16(11)8-10)9-4-2-3-5-9/h6-9H,2-5H2,1H3. The number of aromatic nitrogens is 3. The fourth-order valence-electron chi connectivity index (χ4n) is 2.50. The molecule has 5 nitrogen and oxygen atoms in total. The third-order valence-electron chi connectivity index (χ3n) is 3.49. The van der Waals surface area contributed by atoms with Gasteiger partial charge in [-0.05, 0) is 25.0 Å². The number of nitrogens with zero attached hydrogens (tertiary/aromatic N) is 3. The third-order valence-corrected chi connectivity index (χ3v) is 3.49. The molecule has 3 rings (SSSR count). The van der Waals surface area contributed by atoms with Gasteiger partial charge in [0.2, 0.25) is 0 Å². The number of hydrogen-bond donors (Lipinski definition) is 0. The summed E-state index contributed by atoms with van der Waals surface area (Å²) in [5.74, 6) is 1.02. The van der Waals surface area contributed by atoms with E-state index in [1.807, 2.05) is 0 Å². The largest absolute Gasteiger partial charge is 0.465 e. The maximum absolute atomic E-state index is 11.4. The SMILES string of the molecule is COC(=O)c1ccc2nc(C3CCCC3)nn2c1. The zero-order chi connectivity index (χ0) is 12.5. The summed E-state index contributed by atoms with van der Waals surface area (Å²) < 4.78 is 6.36. The molecular formula is C13H15N3O2. The van der Waals surface area contributed by atoms with Gasteiger partial charge in [0, 0.05) is 12.1 Å². The second kappa shape index (κ2) is 4.40. The van der Waals surface area contributed by atoms with E-state index in [0.29, 0.717) is 11.5 Å². The predicted octanol–water partition coefficient (Wildman–Crippen LogP) is 2.17. The molecule has 0 saturated heterocycles. The molecule has 0 spiro atoms. The number of ether oxygens (including phenoxy) is 1. The summed E-state index contributed by atoms with van der Waals surface area (Å²) in [6.45, 7) is 0. The van der Waals surface area contributed by atoms with Crippen LogP contribution in [0.1, 0.15) is 47.8 Å². The van der Waals surface area contributed by atoms with E-state index >= 15 is 0 Å². The van der Waals surface area contributed by atoms with Gasteiger partial charge in [0.15, 0.2) is 11.5 Å². The van der Waals surface area contributed by atoms with Crippen molar-refractivity contribution in [3.05, 3.63) is 29.7 Å². The number of carbonyl (C=O) groups excluding carboxylic acids is 1. The Labute approximate surface area is 105 Å². The highest BCUT2D eigenvalue weighted by Gasteiger charge is 2.21. The Hall–Kier alpha value is -1.91. The Balaban J connectivity index is 1.98. The minimum atomic E-state index is -0.352. The summed E-state index contributed by atoms with van der Waals surface area (Å²) in [7, 11) is 1.37. The summed E-state index contributed by atoms with van der Waals surface area (Å²) in [6, 6.07) is 3.52. The lowest BCUT2D eigenvalue weighted by Crippen LogP contribution is -2.03. The monoisotopic (exact) mass is 245 g/mol. The van der Waals surface area contributed by atoms with Crippen LogP contribution < -0.4 is 0 Å². The number of rotatable bonds is 2. The molecule has 5 heteroatoms. The first-order valence-electron chi connectivity index (χ1n) is 6.22. The van der Waals surface area contributed by atoms with Crippen LogP contribution in [0.15, 0.2) is 18.3 Å². The van der Waals surface area contributed by atoms with Crippen LogP contribution >= 0.6 is 0 Å². The predicted molar refractivity (Wildman–Crippen MR) is 65.5 cm³/mol. The molecule has 0 amide bonds. The van der Waals surface area contributed by atoms with Crippen molar-refractivity contribution in [3.63, 3.8) is 0 Å². The highest BCUT2D eigenvalue weighted by molar-refractivity contribution is 5.89. The minimum absolute atomic E-state index is 0.352. The normalized spacial score (nSPS) is 16.3. The molecule has 2 heterocycles. The number of fused-ring (bicyclic) bond motifs is 1. The molecule has 1 saturated carbocycles. The van der Waals surface area contributed by atoms with Gasteiger partial charge in [-0.3, -0.25) is 0 Å². The van der Waals surface area contributed by atoms with Crippen LogP contribution in [0.5, 0.6) is 0 Å². The number of methoxy groups -OCH3 is 1. The van der Waals surface area contributed by atoms with Crippen LogP contribution in [0.3, 0.4) is 0 Å². The molecule has 0 aromatic carbocycles.